The van der Waals surface area contributed by atoms with Gasteiger partial charge >= 0.3 is 0 Å². The number of nitrogens with one attached hydrogen (secondary N) is 1. The van der Waals surface area contributed by atoms with Crippen molar-refractivity contribution in [2.24, 2.45) is 5.73 Å². The number of ether oxygens (including phenoxy) is 11. The first kappa shape index (κ1) is 101. The van der Waals surface area contributed by atoms with Crippen LogP contribution >= 0.6 is 0 Å². The molecule has 6 aliphatic rings. The van der Waals surface area contributed by atoms with Crippen molar-refractivity contribution in [3.63, 3.8) is 0 Å². The molecule has 30 nitrogen and oxygen atoms in total. The third-order valence-corrected chi connectivity index (χ3v) is 19.9. The Morgan fingerprint density at radius 1 is 0.386 bits per heavy atom. The van der Waals surface area contributed by atoms with Crippen LogP contribution < -0.4 is 58.4 Å². The molecule has 11 rings (SSSR count). The summed E-state index contributed by atoms with van der Waals surface area (Å²) >= 11 is 0. The van der Waals surface area contributed by atoms with Gasteiger partial charge in [0.1, 0.15) is 26.4 Å². The normalized spacial score (nSPS) is 15.1. The van der Waals surface area contributed by atoms with Gasteiger partial charge in [-0.05, 0) is 272 Å². The van der Waals surface area contributed by atoms with Crippen molar-refractivity contribution >= 4 is 89.5 Å². The van der Waals surface area contributed by atoms with Gasteiger partial charge in [0.25, 0.3) is 59.1 Å². The number of nitrogens with zero attached hydrogens (tertiary/aromatic N) is 7. The lowest BCUT2D eigenvalue weighted by atomic mass is 10.1. The summed E-state index contributed by atoms with van der Waals surface area (Å²) in [6.07, 6.45) is 34.9. The van der Waals surface area contributed by atoms with Crippen molar-refractivity contribution < 1.29 is 100 Å². The number of nitrogens with two attached hydrogens (primary N) is 1. The van der Waals surface area contributed by atoms with Gasteiger partial charge in [-0.3, -0.25) is 77.3 Å². The fraction of sp³-hybridized carbons (Fsp3) is 0.381. The molecule has 10 amide bonds. The van der Waals surface area contributed by atoms with Gasteiger partial charge in [-0.15, -0.1) is 0 Å². The minimum atomic E-state index is -0.329. The Labute approximate surface area is 744 Å². The van der Waals surface area contributed by atoms with Crippen LogP contribution in [0.15, 0.2) is 152 Å². The van der Waals surface area contributed by atoms with E-state index in [9.17, 15) is 47.9 Å². The zero-order valence-electron chi connectivity index (χ0n) is 75.4. The number of rotatable bonds is 32. The number of hydrogen-bond acceptors (Lipinski definition) is 25. The second-order valence-electron chi connectivity index (χ2n) is 29.6. The third-order valence-electron chi connectivity index (χ3n) is 19.9. The van der Waals surface area contributed by atoms with E-state index in [1.807, 2.05) is 116 Å². The highest BCUT2D eigenvalue weighted by molar-refractivity contribution is 6.10. The van der Waals surface area contributed by atoms with Crippen LogP contribution in [0.3, 0.4) is 0 Å². The summed E-state index contributed by atoms with van der Waals surface area (Å²) in [5.74, 6) is 3.52. The summed E-state index contributed by atoms with van der Waals surface area (Å²) in [7, 11) is 13.7. The molecule has 0 aliphatic carbocycles. The van der Waals surface area contributed by atoms with Crippen LogP contribution in [-0.2, 0) is 52.7 Å². The molecule has 5 aromatic rings. The average molecular weight is 1750 g/mol. The standard InChI is InChI=1S/C22H28N2O5.C20H26N2O4.C19H24N2O4.C18H22N2O4.C18H21NO4/c1-17-15-18(6-7-21(26)24-8-4-3-5-20(24)25)16-19(27-2)22(17)29-14-11-23-9-12-28-13-10-23;1-15-13-16(8-9-19(24)22-10-6-5-7-18(22)23)14-17(25-4)20(15)26-12-11-21(2)3;1-14-12-15(13-16(24-3)19(14)25-11-9-20-2)7-8-18(23)21-10-5-4-6-17(21)22;1-13-11-14(12-15(23-2)18(13)24-10-8-19)6-7-17(22)20-9-4-3-5-16(20)21;1-4-23-18-13(2)11-14(12-15(18)22-3)8-9-17(21)19-10-6-5-7-16(19)20/h3,5-7,15-16H,4,8-14H2,1-2H3;5,7-9,13-14H,6,10-12H2,1-4H3;4,6-8,12-13,20H,5,9-11H2,1-3H3;3,5-7,11-12H,4,8-10,19H2,1-2H3;5,7-9,11-12H,4,6,10H2,1-3H3/b7-6+;9-8+;8-7+;7-6+;9-8+. The summed E-state index contributed by atoms with van der Waals surface area (Å²) < 4.78 is 61.1. The summed E-state index contributed by atoms with van der Waals surface area (Å²) in [4.78, 5) is 130. The van der Waals surface area contributed by atoms with Gasteiger partial charge in [-0.25, -0.2) is 0 Å². The van der Waals surface area contributed by atoms with Crippen LogP contribution in [0.1, 0.15) is 94.7 Å². The highest BCUT2D eigenvalue weighted by Crippen LogP contribution is 2.38. The van der Waals surface area contributed by atoms with Gasteiger partial charge in [0.05, 0.1) is 55.4 Å². The number of morpholine rings is 1. The molecule has 6 aliphatic heterocycles. The lowest BCUT2D eigenvalue weighted by Gasteiger charge is -2.26. The third kappa shape index (κ3) is 31.9. The molecule has 0 unspecified atom stereocenters. The highest BCUT2D eigenvalue weighted by Gasteiger charge is 2.26. The Morgan fingerprint density at radius 3 is 0.890 bits per heavy atom. The van der Waals surface area contributed by atoms with E-state index >= 15 is 0 Å². The van der Waals surface area contributed by atoms with Gasteiger partial charge in [0.2, 0.25) is 0 Å². The van der Waals surface area contributed by atoms with Gasteiger partial charge in [0, 0.05) is 102 Å². The molecule has 0 aromatic heterocycles. The maximum absolute atomic E-state index is 12.3. The molecular formula is C97H121N9O21. The fourth-order valence-corrected chi connectivity index (χ4v) is 13.3. The van der Waals surface area contributed by atoms with E-state index in [0.717, 1.165) is 102 Å². The quantitative estimate of drug-likeness (QED) is 0.0298. The summed E-state index contributed by atoms with van der Waals surface area (Å²) in [5.41, 5.74) is 14.1. The van der Waals surface area contributed by atoms with E-state index in [-0.39, 0.29) is 59.1 Å². The van der Waals surface area contributed by atoms with Crippen LogP contribution in [-0.4, -0.2) is 268 Å². The molecule has 1 fully saturated rings. The Balaban J connectivity index is 0.000000218. The zero-order chi connectivity index (χ0) is 92.3. The van der Waals surface area contributed by atoms with Crippen LogP contribution in [0.5, 0.6) is 57.5 Å². The summed E-state index contributed by atoms with van der Waals surface area (Å²) in [6.45, 7) is 22.4. The number of carbonyl (C=O) groups excluding carboxylic acids is 10. The second-order valence-corrected chi connectivity index (χ2v) is 29.6. The fourth-order valence-electron chi connectivity index (χ4n) is 13.3. The molecule has 127 heavy (non-hydrogen) atoms. The van der Waals surface area contributed by atoms with E-state index in [4.69, 9.17) is 57.8 Å². The first-order valence-electron chi connectivity index (χ1n) is 42.1. The topological polar surface area (TPSA) is 333 Å². The largest absolute Gasteiger partial charge is 0.493 e. The first-order valence-corrected chi connectivity index (χ1v) is 42.1. The molecule has 3 N–H and O–H groups in total. The van der Waals surface area contributed by atoms with Crippen LogP contribution in [0, 0.1) is 34.6 Å². The van der Waals surface area contributed by atoms with Crippen molar-refractivity contribution in [3.8, 4) is 57.5 Å². The van der Waals surface area contributed by atoms with Crippen LogP contribution in [0.4, 0.5) is 0 Å². The van der Waals surface area contributed by atoms with Crippen molar-refractivity contribution in [3.05, 3.63) is 207 Å². The molecule has 0 spiro atoms. The minimum absolute atomic E-state index is 0.272. The number of methoxy groups -OCH3 is 5. The van der Waals surface area contributed by atoms with E-state index in [0.29, 0.717) is 162 Å². The van der Waals surface area contributed by atoms with Crippen molar-refractivity contribution in [1.82, 2.24) is 39.6 Å². The summed E-state index contributed by atoms with van der Waals surface area (Å²) in [5, 5.41) is 3.02. The van der Waals surface area contributed by atoms with Gasteiger partial charge in [0.15, 0.2) is 57.5 Å². The second kappa shape index (κ2) is 53.4. The lowest BCUT2D eigenvalue weighted by molar-refractivity contribution is -0.140. The number of hydrogen-bond donors (Lipinski definition) is 2. The number of carbonyl (C=O) groups is 10. The van der Waals surface area contributed by atoms with E-state index in [1.54, 1.807) is 108 Å². The molecule has 0 bridgehead atoms. The molecule has 6 heterocycles. The molecule has 0 radical (unpaired) electrons. The van der Waals surface area contributed by atoms with Gasteiger partial charge in [-0.1, -0.05) is 30.4 Å². The molecule has 30 heteroatoms. The number of imide groups is 5. The number of aryl methyl sites for hydroxylation is 5. The van der Waals surface area contributed by atoms with Crippen molar-refractivity contribution in [2.45, 2.75) is 73.6 Å². The van der Waals surface area contributed by atoms with Crippen LogP contribution in [0.2, 0.25) is 0 Å². The monoisotopic (exact) mass is 1750 g/mol. The van der Waals surface area contributed by atoms with E-state index in [1.165, 1.54) is 85.3 Å². The zero-order valence-corrected chi connectivity index (χ0v) is 75.4. The molecule has 0 atom stereocenters. The van der Waals surface area contributed by atoms with E-state index in [2.05, 4.69) is 10.2 Å². The van der Waals surface area contributed by atoms with Gasteiger partial charge in [-0.2, -0.15) is 0 Å². The first-order chi connectivity index (χ1) is 61.2. The Morgan fingerprint density at radius 2 is 0.646 bits per heavy atom. The molecule has 5 aromatic carbocycles. The Bertz CT molecular complexity index is 4970. The molecule has 1 saturated heterocycles. The SMILES string of the molecule is CCOc1c(C)cc(/C=C/C(=O)N2CCC=CC2=O)cc1OC.CNCCOc1c(C)cc(/C=C/C(=O)N2CCC=CC2=O)cc1OC.COc1cc(/C=C/C(=O)N2CCC=CC2=O)cc(C)c1OCCN.COc1cc(/C=C/C(=O)N2CCC=CC2=O)cc(C)c1OCCN(C)C.COc1cc(/C=C/C(=O)N2CCC=CC2=O)cc(C)c1OCCN1CCOCC1. The predicted molar refractivity (Wildman–Crippen MR) is 488 cm³/mol. The molecule has 0 saturated carbocycles. The smallest absolute Gasteiger partial charge is 0.253 e. The van der Waals surface area contributed by atoms with Crippen molar-refractivity contribution in [1.29, 1.82) is 0 Å². The maximum atomic E-state index is 12.3. The predicted octanol–water partition coefficient (Wildman–Crippen LogP) is 10.6. The highest BCUT2D eigenvalue weighted by atomic mass is 16.5. The van der Waals surface area contributed by atoms with Crippen molar-refractivity contribution in [2.75, 3.05) is 175 Å². The van der Waals surface area contributed by atoms with E-state index < -0.39 is 0 Å². The molecule has 680 valence electrons. The molecular weight excluding hydrogens is 1630 g/mol. The number of amides is 10. The number of likely N-dealkylation sites (N-methyl/N-ethyl adjacent to an activating group) is 2. The Hall–Kier alpha value is -13.0. The lowest BCUT2D eigenvalue weighted by Crippen LogP contribution is -2.38. The minimum Gasteiger partial charge on any atom is -0.493 e. The van der Waals surface area contributed by atoms with Crippen LogP contribution in [0.25, 0.3) is 30.4 Å². The Kier molecular flexibility index (Phi) is 42.5. The maximum Gasteiger partial charge on any atom is 0.253 e. The average Bonchev–Trinajstić information content (AvgIpc) is 0.841. The van der Waals surface area contributed by atoms with Gasteiger partial charge < -0.3 is 68.1 Å². The summed E-state index contributed by atoms with van der Waals surface area (Å²) in [6, 6.07) is 18.6. The number of benzene rings is 5.